The molecule has 34 heavy (non-hydrogen) atoms. The van der Waals surface area contributed by atoms with Crippen molar-refractivity contribution in [3.05, 3.63) is 92.4 Å². The fourth-order valence-electron chi connectivity index (χ4n) is 3.03. The maximum absolute atomic E-state index is 12.6. The molecule has 8 heteroatoms. The Morgan fingerprint density at radius 3 is 2.62 bits per heavy atom. The number of carbonyl (C=O) groups excluding carboxylic acids is 2. The molecule has 0 aromatic heterocycles. The van der Waals surface area contributed by atoms with Crippen LogP contribution in [-0.4, -0.2) is 18.4 Å². The highest BCUT2D eigenvalue weighted by atomic mass is 79.9. The van der Waals surface area contributed by atoms with Gasteiger partial charge in [0, 0.05) is 26.4 Å². The molecular formula is C26H21BrClN3O3. The molecule has 3 rings (SSSR count). The van der Waals surface area contributed by atoms with Crippen LogP contribution in [0.25, 0.3) is 6.08 Å². The van der Waals surface area contributed by atoms with Crippen LogP contribution in [0.5, 0.6) is 5.75 Å². The first-order chi connectivity index (χ1) is 16.2. The van der Waals surface area contributed by atoms with Crippen molar-refractivity contribution in [2.75, 3.05) is 17.2 Å². The highest BCUT2D eigenvalue weighted by Crippen LogP contribution is 2.26. The zero-order chi connectivity index (χ0) is 24.7. The number of hydrogen-bond donors (Lipinski definition) is 2. The van der Waals surface area contributed by atoms with Gasteiger partial charge in [-0.25, -0.2) is 0 Å². The molecule has 3 aromatic rings. The van der Waals surface area contributed by atoms with E-state index in [9.17, 15) is 14.9 Å². The van der Waals surface area contributed by atoms with E-state index in [0.29, 0.717) is 27.7 Å². The molecule has 0 saturated carbocycles. The predicted molar refractivity (Wildman–Crippen MR) is 138 cm³/mol. The first kappa shape index (κ1) is 25.0. The molecular weight excluding hydrogens is 518 g/mol. The monoisotopic (exact) mass is 537 g/mol. The number of anilines is 2. The summed E-state index contributed by atoms with van der Waals surface area (Å²) in [7, 11) is 0. The van der Waals surface area contributed by atoms with Crippen LogP contribution >= 0.6 is 27.5 Å². The topological polar surface area (TPSA) is 91.2 Å². The average molecular weight is 539 g/mol. The largest absolute Gasteiger partial charge is 0.483 e. The molecule has 0 heterocycles. The third kappa shape index (κ3) is 6.95. The van der Waals surface area contributed by atoms with Gasteiger partial charge >= 0.3 is 0 Å². The second-order valence-corrected chi connectivity index (χ2v) is 8.82. The van der Waals surface area contributed by atoms with E-state index < -0.39 is 5.91 Å². The molecule has 0 aliphatic carbocycles. The van der Waals surface area contributed by atoms with Crippen molar-refractivity contribution in [3.8, 4) is 11.8 Å². The number of ether oxygens (including phenoxy) is 1. The van der Waals surface area contributed by atoms with E-state index in [-0.39, 0.29) is 18.1 Å². The normalized spacial score (nSPS) is 10.9. The summed E-state index contributed by atoms with van der Waals surface area (Å²) in [5.41, 5.74) is 3.48. The predicted octanol–water partition coefficient (Wildman–Crippen LogP) is 6.28. The average Bonchev–Trinajstić information content (AvgIpc) is 2.79. The molecule has 2 amide bonds. The third-order valence-corrected chi connectivity index (χ3v) is 5.47. The molecule has 6 nitrogen and oxygen atoms in total. The molecule has 0 saturated heterocycles. The Morgan fingerprint density at radius 2 is 1.88 bits per heavy atom. The lowest BCUT2D eigenvalue weighted by Crippen LogP contribution is -2.21. The van der Waals surface area contributed by atoms with Crippen LogP contribution in [0.1, 0.15) is 16.7 Å². The first-order valence-electron chi connectivity index (χ1n) is 10.2. The number of hydrogen-bond acceptors (Lipinski definition) is 4. The van der Waals surface area contributed by atoms with Crippen LogP contribution in [0.2, 0.25) is 5.02 Å². The Morgan fingerprint density at radius 1 is 1.09 bits per heavy atom. The summed E-state index contributed by atoms with van der Waals surface area (Å²) < 4.78 is 6.44. The summed E-state index contributed by atoms with van der Waals surface area (Å²) >= 11 is 9.34. The van der Waals surface area contributed by atoms with Crippen molar-refractivity contribution in [2.24, 2.45) is 0 Å². The number of nitriles is 1. The second-order valence-electron chi connectivity index (χ2n) is 7.47. The summed E-state index contributed by atoms with van der Waals surface area (Å²) in [5.74, 6) is -0.572. The van der Waals surface area contributed by atoms with Crippen molar-refractivity contribution >= 4 is 56.8 Å². The maximum atomic E-state index is 12.6. The van der Waals surface area contributed by atoms with Crippen LogP contribution < -0.4 is 15.4 Å². The highest BCUT2D eigenvalue weighted by Gasteiger charge is 2.13. The molecule has 0 fully saturated rings. The number of nitrogens with zero attached hydrogens (tertiary/aromatic N) is 1. The Labute approximate surface area is 211 Å². The molecule has 0 radical (unpaired) electrons. The van der Waals surface area contributed by atoms with Crippen molar-refractivity contribution in [3.63, 3.8) is 0 Å². The molecule has 0 aliphatic heterocycles. The molecule has 3 aromatic carbocycles. The minimum absolute atomic E-state index is 0.136. The van der Waals surface area contributed by atoms with E-state index in [1.54, 1.807) is 42.5 Å². The number of halogens is 2. The zero-order valence-electron chi connectivity index (χ0n) is 18.5. The van der Waals surface area contributed by atoms with Crippen LogP contribution in [0, 0.1) is 25.2 Å². The SMILES string of the molecule is Cc1ccc(C)c(NC(=O)COc2ccc(Br)cc2/C=C(/C#N)C(=O)Nc2cccc(Cl)c2)c1. The van der Waals surface area contributed by atoms with E-state index >= 15 is 0 Å². The maximum Gasteiger partial charge on any atom is 0.266 e. The number of aryl methyl sites for hydroxylation is 2. The second kappa shape index (κ2) is 11.5. The van der Waals surface area contributed by atoms with Gasteiger partial charge in [-0.2, -0.15) is 5.26 Å². The van der Waals surface area contributed by atoms with Crippen molar-refractivity contribution in [2.45, 2.75) is 13.8 Å². The third-order valence-electron chi connectivity index (χ3n) is 4.75. The van der Waals surface area contributed by atoms with Gasteiger partial charge in [0.25, 0.3) is 11.8 Å². The fraction of sp³-hybridized carbons (Fsp3) is 0.115. The van der Waals surface area contributed by atoms with Crippen molar-refractivity contribution in [1.29, 1.82) is 5.26 Å². The lowest BCUT2D eigenvalue weighted by Gasteiger charge is -2.12. The van der Waals surface area contributed by atoms with Gasteiger partial charge in [0.1, 0.15) is 17.4 Å². The summed E-state index contributed by atoms with van der Waals surface area (Å²) in [6.45, 7) is 3.61. The lowest BCUT2D eigenvalue weighted by molar-refractivity contribution is -0.118. The fourth-order valence-corrected chi connectivity index (χ4v) is 3.60. The van der Waals surface area contributed by atoms with Crippen molar-refractivity contribution in [1.82, 2.24) is 0 Å². The van der Waals surface area contributed by atoms with E-state index in [0.717, 1.165) is 15.6 Å². The minimum Gasteiger partial charge on any atom is -0.483 e. The van der Waals surface area contributed by atoms with E-state index in [1.165, 1.54) is 6.08 Å². The number of rotatable bonds is 7. The Kier molecular flexibility index (Phi) is 8.47. The van der Waals surface area contributed by atoms with Gasteiger partial charge in [-0.05, 0) is 73.5 Å². The van der Waals surface area contributed by atoms with Gasteiger partial charge in [0.05, 0.1) is 0 Å². The minimum atomic E-state index is -0.594. The molecule has 172 valence electrons. The summed E-state index contributed by atoms with van der Waals surface area (Å²) in [6, 6.07) is 19.4. The van der Waals surface area contributed by atoms with Gasteiger partial charge in [0.2, 0.25) is 0 Å². The van der Waals surface area contributed by atoms with Crippen LogP contribution in [-0.2, 0) is 9.59 Å². The lowest BCUT2D eigenvalue weighted by atomic mass is 10.1. The standard InChI is InChI=1S/C26H21BrClN3O3/c1-16-6-7-17(2)23(10-16)31-25(32)15-34-24-9-8-20(27)12-18(24)11-19(14-29)26(33)30-22-5-3-4-21(28)13-22/h3-13H,15H2,1-2H3,(H,30,33)(H,31,32)/b19-11-. The van der Waals surface area contributed by atoms with Gasteiger partial charge < -0.3 is 15.4 Å². The number of carbonyl (C=O) groups is 2. The Balaban J connectivity index is 1.76. The molecule has 0 atom stereocenters. The summed E-state index contributed by atoms with van der Waals surface area (Å²) in [6.07, 6.45) is 1.41. The summed E-state index contributed by atoms with van der Waals surface area (Å²) in [4.78, 5) is 25.1. The summed E-state index contributed by atoms with van der Waals surface area (Å²) in [5, 5.41) is 15.5. The molecule has 0 spiro atoms. The van der Waals surface area contributed by atoms with E-state index in [2.05, 4.69) is 26.6 Å². The zero-order valence-corrected chi connectivity index (χ0v) is 20.8. The van der Waals surface area contributed by atoms with Gasteiger partial charge in [-0.15, -0.1) is 0 Å². The first-order valence-corrected chi connectivity index (χ1v) is 11.4. The molecule has 0 bridgehead atoms. The van der Waals surface area contributed by atoms with Gasteiger partial charge in [-0.1, -0.05) is 45.7 Å². The number of amides is 2. The molecule has 2 N–H and O–H groups in total. The number of nitrogens with one attached hydrogen (secondary N) is 2. The smallest absolute Gasteiger partial charge is 0.266 e. The van der Waals surface area contributed by atoms with Crippen LogP contribution in [0.15, 0.2) is 70.7 Å². The Hall–Kier alpha value is -3.60. The van der Waals surface area contributed by atoms with E-state index in [1.807, 2.05) is 38.1 Å². The quantitative estimate of drug-likeness (QED) is 0.273. The van der Waals surface area contributed by atoms with Crippen LogP contribution in [0.3, 0.4) is 0 Å². The highest BCUT2D eigenvalue weighted by molar-refractivity contribution is 9.10. The van der Waals surface area contributed by atoms with Gasteiger partial charge in [-0.3, -0.25) is 9.59 Å². The van der Waals surface area contributed by atoms with E-state index in [4.69, 9.17) is 16.3 Å². The molecule has 0 aliphatic rings. The Bertz CT molecular complexity index is 1310. The van der Waals surface area contributed by atoms with Gasteiger partial charge in [0.15, 0.2) is 6.61 Å². The van der Waals surface area contributed by atoms with Crippen molar-refractivity contribution < 1.29 is 14.3 Å². The number of benzene rings is 3. The molecule has 0 unspecified atom stereocenters. The van der Waals surface area contributed by atoms with Crippen LogP contribution in [0.4, 0.5) is 11.4 Å².